The molecule has 0 saturated carbocycles. The van der Waals surface area contributed by atoms with Gasteiger partial charge >= 0.3 is 5.97 Å². The molecule has 1 N–H and O–H groups in total. The number of pyridine rings is 1. The van der Waals surface area contributed by atoms with E-state index in [0.717, 1.165) is 42.6 Å². The normalized spacial score (nSPS) is 20.2. The van der Waals surface area contributed by atoms with E-state index in [-0.39, 0.29) is 20.3 Å². The average molecular weight is 475 g/mol. The minimum atomic E-state index is -1.15. The molecule has 1 aromatic heterocycles. The van der Waals surface area contributed by atoms with Crippen molar-refractivity contribution in [1.82, 2.24) is 9.47 Å². The maximum atomic E-state index is 13.2. The Hall–Kier alpha value is -2.64. The molecular weight excluding hydrogens is 448 g/mol. The number of carbonyl (C=O) groups is 2. The fourth-order valence-electron chi connectivity index (χ4n) is 4.20. The highest BCUT2D eigenvalue weighted by atomic mass is 32.2. The molecule has 0 aromatic carbocycles. The smallest absolute Gasteiger partial charge is 0.323 e. The van der Waals surface area contributed by atoms with Crippen LogP contribution in [0.15, 0.2) is 9.70 Å². The number of thioether (sulfide) groups is 1. The molecular formula is C22H26N4O4S2. The third kappa shape index (κ3) is 4.59. The molecule has 10 heteroatoms. The first-order valence-electron chi connectivity index (χ1n) is 10.6. The Labute approximate surface area is 196 Å². The second kappa shape index (κ2) is 9.88. The molecule has 2 fully saturated rings. The van der Waals surface area contributed by atoms with Gasteiger partial charge in [-0.3, -0.25) is 23.9 Å². The zero-order valence-corrected chi connectivity index (χ0v) is 20.0. The molecule has 32 heavy (non-hydrogen) atoms. The van der Waals surface area contributed by atoms with E-state index >= 15 is 0 Å². The highest BCUT2D eigenvalue weighted by molar-refractivity contribution is 8.26. The zero-order valence-electron chi connectivity index (χ0n) is 18.4. The first-order chi connectivity index (χ1) is 15.2. The third-order valence-corrected chi connectivity index (χ3v) is 7.07. The Balaban J connectivity index is 2.23. The minimum Gasteiger partial charge on any atom is -0.480 e. The summed E-state index contributed by atoms with van der Waals surface area (Å²) in [5.41, 5.74) is 0.885. The Morgan fingerprint density at radius 2 is 2.12 bits per heavy atom. The molecule has 1 amide bonds. The van der Waals surface area contributed by atoms with Crippen LogP contribution in [0.5, 0.6) is 0 Å². The maximum absolute atomic E-state index is 13.2. The lowest BCUT2D eigenvalue weighted by Gasteiger charge is -2.36. The first kappa shape index (κ1) is 24.0. The number of anilines is 1. The topological polar surface area (TPSA) is 107 Å². The van der Waals surface area contributed by atoms with Crippen LogP contribution in [0.2, 0.25) is 0 Å². The molecule has 1 aromatic rings. The number of carboxylic acids is 1. The molecule has 0 spiro atoms. The summed E-state index contributed by atoms with van der Waals surface area (Å²) in [7, 11) is 0. The molecule has 2 aliphatic heterocycles. The van der Waals surface area contributed by atoms with Gasteiger partial charge in [-0.1, -0.05) is 37.8 Å². The fourth-order valence-corrected chi connectivity index (χ4v) is 5.44. The summed E-state index contributed by atoms with van der Waals surface area (Å²) < 4.78 is 1.82. The van der Waals surface area contributed by atoms with Crippen molar-refractivity contribution in [2.75, 3.05) is 24.5 Å². The zero-order chi connectivity index (χ0) is 23.6. The number of amides is 1. The summed E-state index contributed by atoms with van der Waals surface area (Å²) >= 11 is 6.26. The Morgan fingerprint density at radius 1 is 1.41 bits per heavy atom. The van der Waals surface area contributed by atoms with Crippen LogP contribution in [0, 0.1) is 24.2 Å². The second-order valence-corrected chi connectivity index (χ2v) is 9.84. The summed E-state index contributed by atoms with van der Waals surface area (Å²) in [4.78, 5) is 40.7. The lowest BCUT2D eigenvalue weighted by atomic mass is 9.98. The van der Waals surface area contributed by atoms with Gasteiger partial charge in [0, 0.05) is 25.2 Å². The third-order valence-electron chi connectivity index (χ3n) is 5.69. The van der Waals surface area contributed by atoms with Crippen molar-refractivity contribution < 1.29 is 14.7 Å². The van der Waals surface area contributed by atoms with Gasteiger partial charge in [0.05, 0.1) is 4.91 Å². The molecule has 3 rings (SSSR count). The summed E-state index contributed by atoms with van der Waals surface area (Å²) in [6.07, 6.45) is 4.47. The molecule has 8 nitrogen and oxygen atoms in total. The number of aromatic nitrogens is 1. The van der Waals surface area contributed by atoms with Crippen LogP contribution in [0.4, 0.5) is 5.82 Å². The first-order valence-corrected chi connectivity index (χ1v) is 11.8. The monoisotopic (exact) mass is 474 g/mol. The molecule has 1 unspecified atom stereocenters. The van der Waals surface area contributed by atoms with Crippen molar-refractivity contribution in [1.29, 1.82) is 5.26 Å². The van der Waals surface area contributed by atoms with Crippen LogP contribution >= 0.6 is 24.0 Å². The Morgan fingerprint density at radius 3 is 2.72 bits per heavy atom. The Kier molecular flexibility index (Phi) is 7.41. The summed E-state index contributed by atoms with van der Waals surface area (Å²) in [5.74, 6) is -0.466. The highest BCUT2D eigenvalue weighted by Gasteiger charge is 2.34. The number of carboxylic acid groups (broad SMARTS) is 1. The molecule has 3 heterocycles. The van der Waals surface area contributed by atoms with Gasteiger partial charge in [0.2, 0.25) is 0 Å². The number of nitrogens with zero attached hydrogens (tertiary/aromatic N) is 4. The number of piperidine rings is 1. The van der Waals surface area contributed by atoms with E-state index in [9.17, 15) is 19.6 Å². The molecule has 0 bridgehead atoms. The predicted molar refractivity (Wildman–Crippen MR) is 129 cm³/mol. The van der Waals surface area contributed by atoms with Gasteiger partial charge in [0.15, 0.2) is 0 Å². The number of hydrogen-bond acceptors (Lipinski definition) is 7. The molecule has 2 saturated heterocycles. The minimum absolute atomic E-state index is 0.0551. The van der Waals surface area contributed by atoms with E-state index in [1.165, 1.54) is 0 Å². The van der Waals surface area contributed by atoms with E-state index in [2.05, 4.69) is 11.8 Å². The molecule has 170 valence electrons. The predicted octanol–water partition coefficient (Wildman–Crippen LogP) is 2.96. The summed E-state index contributed by atoms with van der Waals surface area (Å²) in [6.45, 7) is 7.36. The van der Waals surface area contributed by atoms with Crippen molar-refractivity contribution in [3.63, 3.8) is 0 Å². The number of nitriles is 1. The van der Waals surface area contributed by atoms with E-state index in [1.807, 2.05) is 13.0 Å². The lowest BCUT2D eigenvalue weighted by molar-refractivity contribution is -0.140. The molecule has 0 aliphatic carbocycles. The largest absolute Gasteiger partial charge is 0.480 e. The average Bonchev–Trinajstić information content (AvgIpc) is 2.99. The van der Waals surface area contributed by atoms with Crippen LogP contribution in [0.1, 0.15) is 49.8 Å². The van der Waals surface area contributed by atoms with Crippen LogP contribution < -0.4 is 10.5 Å². The van der Waals surface area contributed by atoms with Crippen LogP contribution in [-0.2, 0) is 16.1 Å². The Bertz CT molecular complexity index is 1100. The van der Waals surface area contributed by atoms with Crippen molar-refractivity contribution in [3.05, 3.63) is 31.9 Å². The quantitative estimate of drug-likeness (QED) is 0.495. The van der Waals surface area contributed by atoms with Crippen molar-refractivity contribution in [2.24, 2.45) is 5.92 Å². The van der Waals surface area contributed by atoms with Gasteiger partial charge in [-0.15, -0.1) is 0 Å². The maximum Gasteiger partial charge on any atom is 0.323 e. The van der Waals surface area contributed by atoms with E-state index in [0.29, 0.717) is 35.8 Å². The van der Waals surface area contributed by atoms with Gasteiger partial charge in [-0.2, -0.15) is 5.26 Å². The number of aliphatic carboxylic acids is 1. The fraction of sp³-hybridized carbons (Fsp3) is 0.500. The molecule has 2 aliphatic rings. The molecule has 1 atom stereocenters. The lowest BCUT2D eigenvalue weighted by Crippen LogP contribution is -2.40. The van der Waals surface area contributed by atoms with Gasteiger partial charge in [0.25, 0.3) is 11.5 Å². The standard InChI is InChI=1S/C22H26N4O4S2/c1-4-7-25-19(24-8-5-6-13(2)11-24)15(14(3)16(10-23)20(25)29)9-17-21(30)26(12-18(27)28)22(31)32-17/h9,13H,4-8,11-12H2,1-3H3,(H,27,28)/b17-9+. The van der Waals surface area contributed by atoms with Crippen molar-refractivity contribution in [2.45, 2.75) is 46.6 Å². The highest BCUT2D eigenvalue weighted by Crippen LogP contribution is 2.36. The van der Waals surface area contributed by atoms with Crippen molar-refractivity contribution >= 4 is 52.1 Å². The number of rotatable bonds is 6. The van der Waals surface area contributed by atoms with Crippen molar-refractivity contribution in [3.8, 4) is 6.07 Å². The number of carbonyl (C=O) groups excluding carboxylic acids is 1. The number of thiocarbonyl (C=S) groups is 1. The SMILES string of the molecule is CCCn1c(N2CCCC(C)C2)c(/C=C2/SC(=S)N(CC(=O)O)C2=O)c(C)c(C#N)c1=O. The van der Waals surface area contributed by atoms with Crippen LogP contribution in [0.3, 0.4) is 0 Å². The second-order valence-electron chi connectivity index (χ2n) is 8.16. The molecule has 0 radical (unpaired) electrons. The van der Waals surface area contributed by atoms with Crippen LogP contribution in [-0.4, -0.2) is 50.4 Å². The number of hydrogen-bond donors (Lipinski definition) is 1. The summed E-state index contributed by atoms with van der Waals surface area (Å²) in [6, 6.07) is 2.03. The van der Waals surface area contributed by atoms with E-state index in [1.54, 1.807) is 17.6 Å². The van der Waals surface area contributed by atoms with E-state index in [4.69, 9.17) is 17.3 Å². The van der Waals surface area contributed by atoms with Gasteiger partial charge in [-0.05, 0) is 43.7 Å². The van der Waals surface area contributed by atoms with Crippen LogP contribution in [0.25, 0.3) is 6.08 Å². The summed E-state index contributed by atoms with van der Waals surface area (Å²) in [5, 5.41) is 18.8. The van der Waals surface area contributed by atoms with Gasteiger partial charge in [0.1, 0.15) is 28.3 Å². The van der Waals surface area contributed by atoms with Gasteiger partial charge in [-0.25, -0.2) is 0 Å². The van der Waals surface area contributed by atoms with Gasteiger partial charge < -0.3 is 10.0 Å². The van der Waals surface area contributed by atoms with E-state index < -0.39 is 18.4 Å².